The molecule has 0 radical (unpaired) electrons. The van der Waals surface area contributed by atoms with Crippen molar-refractivity contribution < 1.29 is 14.3 Å². The Kier molecular flexibility index (Phi) is 5.41. The topological polar surface area (TPSA) is 58.6 Å². The summed E-state index contributed by atoms with van der Waals surface area (Å²) in [6.07, 6.45) is 2.48. The van der Waals surface area contributed by atoms with Crippen LogP contribution in [0.1, 0.15) is 33.1 Å². The zero-order chi connectivity index (χ0) is 12.8. The van der Waals surface area contributed by atoms with Crippen LogP contribution in [0, 0.1) is 0 Å². The number of ether oxygens (including phenoxy) is 1. The van der Waals surface area contributed by atoms with Gasteiger partial charge in [-0.25, -0.2) is 4.79 Å². The van der Waals surface area contributed by atoms with Crippen molar-refractivity contribution in [2.45, 2.75) is 45.2 Å². The van der Waals surface area contributed by atoms with Crippen molar-refractivity contribution in [2.24, 2.45) is 0 Å². The lowest BCUT2D eigenvalue weighted by molar-refractivity contribution is -0.153. The van der Waals surface area contributed by atoms with Crippen LogP contribution in [-0.2, 0) is 14.3 Å². The third-order valence-electron chi connectivity index (χ3n) is 3.15. The molecule has 5 nitrogen and oxygen atoms in total. The first-order chi connectivity index (χ1) is 8.15. The van der Waals surface area contributed by atoms with E-state index in [4.69, 9.17) is 4.74 Å². The number of hydrogen-bond acceptors (Lipinski definition) is 4. The van der Waals surface area contributed by atoms with E-state index in [0.29, 0.717) is 13.0 Å². The first-order valence-electron chi connectivity index (χ1n) is 6.28. The molecule has 1 fully saturated rings. The molecule has 1 saturated heterocycles. The van der Waals surface area contributed by atoms with Crippen LogP contribution in [0.15, 0.2) is 0 Å². The fourth-order valence-electron chi connectivity index (χ4n) is 2.37. The number of likely N-dealkylation sites (tertiary alicyclic amines) is 1. The zero-order valence-electron chi connectivity index (χ0n) is 10.9. The van der Waals surface area contributed by atoms with Gasteiger partial charge in [0.25, 0.3) is 0 Å². The smallest absolute Gasteiger partial charge is 0.328 e. The van der Waals surface area contributed by atoms with Gasteiger partial charge in [0.15, 0.2) is 0 Å². The highest BCUT2D eigenvalue weighted by molar-refractivity contribution is 5.86. The van der Waals surface area contributed by atoms with Gasteiger partial charge in [-0.05, 0) is 33.2 Å². The largest absolute Gasteiger partial charge is 0.464 e. The summed E-state index contributed by atoms with van der Waals surface area (Å²) in [7, 11) is 1.73. The van der Waals surface area contributed by atoms with E-state index < -0.39 is 0 Å². The minimum absolute atomic E-state index is 0.0186. The predicted molar refractivity (Wildman–Crippen MR) is 64.5 cm³/mol. The van der Waals surface area contributed by atoms with E-state index in [0.717, 1.165) is 12.8 Å². The molecule has 5 heteroatoms. The van der Waals surface area contributed by atoms with Gasteiger partial charge in [0.05, 0.1) is 13.2 Å². The van der Waals surface area contributed by atoms with Crippen LogP contribution >= 0.6 is 0 Å². The Morgan fingerprint density at radius 1 is 1.35 bits per heavy atom. The lowest BCUT2D eigenvalue weighted by Crippen LogP contribution is -2.48. The van der Waals surface area contributed by atoms with Crippen molar-refractivity contribution in [3.8, 4) is 0 Å². The second-order valence-electron chi connectivity index (χ2n) is 4.24. The molecule has 0 bridgehead atoms. The Hall–Kier alpha value is -1.10. The maximum atomic E-state index is 12.0. The highest BCUT2D eigenvalue weighted by Crippen LogP contribution is 2.27. The normalized spacial score (nSPS) is 23.8. The quantitative estimate of drug-likeness (QED) is 0.715. The minimum atomic E-state index is -0.388. The van der Waals surface area contributed by atoms with Crippen molar-refractivity contribution in [1.29, 1.82) is 0 Å². The molecule has 0 aromatic carbocycles. The van der Waals surface area contributed by atoms with Crippen LogP contribution in [0.2, 0.25) is 0 Å². The Balaban J connectivity index is 2.75. The van der Waals surface area contributed by atoms with Crippen molar-refractivity contribution in [1.82, 2.24) is 10.2 Å². The number of likely N-dealkylation sites (N-methyl/N-ethyl adjacent to an activating group) is 1. The maximum absolute atomic E-state index is 12.0. The lowest BCUT2D eigenvalue weighted by atomic mass is 10.1. The number of hydrogen-bond donors (Lipinski definition) is 1. The first kappa shape index (κ1) is 14.0. The molecule has 0 saturated carbocycles. The summed E-state index contributed by atoms with van der Waals surface area (Å²) in [5.74, 6) is -0.289. The SMILES string of the molecule is CCOC(=O)C1CCC(CC)N1C(=O)CNC. The summed E-state index contributed by atoms with van der Waals surface area (Å²) in [6, 6.07) is -0.217. The Morgan fingerprint density at radius 3 is 2.59 bits per heavy atom. The van der Waals surface area contributed by atoms with Gasteiger partial charge in [0.2, 0.25) is 5.91 Å². The molecule has 1 heterocycles. The predicted octanol–water partition coefficient (Wildman–Crippen LogP) is 0.539. The molecule has 0 aliphatic carbocycles. The molecule has 1 rings (SSSR count). The first-order valence-corrected chi connectivity index (χ1v) is 6.28. The summed E-state index contributed by atoms with van der Waals surface area (Å²) in [5, 5.41) is 2.84. The van der Waals surface area contributed by atoms with Crippen molar-refractivity contribution in [2.75, 3.05) is 20.2 Å². The average Bonchev–Trinajstić information content (AvgIpc) is 2.73. The average molecular weight is 242 g/mol. The van der Waals surface area contributed by atoms with Crippen LogP contribution in [0.3, 0.4) is 0 Å². The van der Waals surface area contributed by atoms with E-state index in [2.05, 4.69) is 5.32 Å². The van der Waals surface area contributed by atoms with Crippen LogP contribution < -0.4 is 5.32 Å². The van der Waals surface area contributed by atoms with Gasteiger partial charge in [0.1, 0.15) is 6.04 Å². The maximum Gasteiger partial charge on any atom is 0.328 e. The van der Waals surface area contributed by atoms with E-state index in [-0.39, 0.29) is 30.5 Å². The van der Waals surface area contributed by atoms with Gasteiger partial charge >= 0.3 is 5.97 Å². The highest BCUT2D eigenvalue weighted by atomic mass is 16.5. The number of nitrogens with one attached hydrogen (secondary N) is 1. The second kappa shape index (κ2) is 6.59. The van der Waals surface area contributed by atoms with Gasteiger partial charge in [-0.3, -0.25) is 4.79 Å². The van der Waals surface area contributed by atoms with Crippen molar-refractivity contribution in [3.05, 3.63) is 0 Å². The number of carbonyl (C=O) groups is 2. The molecule has 17 heavy (non-hydrogen) atoms. The molecular formula is C12H22N2O3. The molecule has 1 aliphatic rings. The summed E-state index contributed by atoms with van der Waals surface area (Å²) in [6.45, 7) is 4.45. The third-order valence-corrected chi connectivity index (χ3v) is 3.15. The summed E-state index contributed by atoms with van der Waals surface area (Å²) >= 11 is 0. The van der Waals surface area contributed by atoms with Crippen LogP contribution in [0.25, 0.3) is 0 Å². The molecule has 98 valence electrons. The fourth-order valence-corrected chi connectivity index (χ4v) is 2.37. The molecule has 1 amide bonds. The summed E-state index contributed by atoms with van der Waals surface area (Å²) < 4.78 is 5.02. The van der Waals surface area contributed by atoms with Crippen LogP contribution in [-0.4, -0.2) is 49.1 Å². The van der Waals surface area contributed by atoms with E-state index >= 15 is 0 Å². The zero-order valence-corrected chi connectivity index (χ0v) is 10.9. The number of carbonyl (C=O) groups excluding carboxylic acids is 2. The van der Waals surface area contributed by atoms with Gasteiger partial charge < -0.3 is 15.0 Å². The number of nitrogens with zero attached hydrogens (tertiary/aromatic N) is 1. The number of esters is 1. The summed E-state index contributed by atoms with van der Waals surface area (Å²) in [5.41, 5.74) is 0. The lowest BCUT2D eigenvalue weighted by Gasteiger charge is -2.28. The van der Waals surface area contributed by atoms with E-state index in [1.807, 2.05) is 6.92 Å². The van der Waals surface area contributed by atoms with Crippen LogP contribution in [0.4, 0.5) is 0 Å². The minimum Gasteiger partial charge on any atom is -0.464 e. The second-order valence-corrected chi connectivity index (χ2v) is 4.24. The number of rotatable bonds is 5. The van der Waals surface area contributed by atoms with E-state index in [1.165, 1.54) is 0 Å². The van der Waals surface area contributed by atoms with E-state index in [1.54, 1.807) is 18.9 Å². The van der Waals surface area contributed by atoms with Gasteiger partial charge in [-0.1, -0.05) is 6.92 Å². The highest BCUT2D eigenvalue weighted by Gasteiger charge is 2.40. The standard InChI is InChI=1S/C12H22N2O3/c1-4-9-6-7-10(12(16)17-5-2)14(9)11(15)8-13-3/h9-10,13H,4-8H2,1-3H3. The molecule has 1 N–H and O–H groups in total. The van der Waals surface area contributed by atoms with Gasteiger partial charge in [-0.2, -0.15) is 0 Å². The molecule has 2 unspecified atom stereocenters. The molecule has 0 spiro atoms. The van der Waals surface area contributed by atoms with Crippen molar-refractivity contribution in [3.63, 3.8) is 0 Å². The molecular weight excluding hydrogens is 220 g/mol. The van der Waals surface area contributed by atoms with Crippen LogP contribution in [0.5, 0.6) is 0 Å². The molecule has 0 aromatic rings. The number of amides is 1. The third kappa shape index (κ3) is 3.19. The van der Waals surface area contributed by atoms with Crippen molar-refractivity contribution >= 4 is 11.9 Å². The Bertz CT molecular complexity index is 281. The monoisotopic (exact) mass is 242 g/mol. The Morgan fingerprint density at radius 2 is 2.06 bits per heavy atom. The molecule has 0 aromatic heterocycles. The molecule has 2 atom stereocenters. The van der Waals surface area contributed by atoms with Gasteiger partial charge in [0, 0.05) is 6.04 Å². The van der Waals surface area contributed by atoms with E-state index in [9.17, 15) is 9.59 Å². The molecule has 1 aliphatic heterocycles. The van der Waals surface area contributed by atoms with Gasteiger partial charge in [-0.15, -0.1) is 0 Å². The summed E-state index contributed by atoms with van der Waals surface area (Å²) in [4.78, 5) is 25.5. The fraction of sp³-hybridized carbons (Fsp3) is 0.833. The Labute approximate surface area is 102 Å².